The molecule has 0 bridgehead atoms. The number of carboxylic acid groups (broad SMARTS) is 1. The number of carboxylic acids is 1. The van der Waals surface area contributed by atoms with E-state index in [1.54, 1.807) is 0 Å². The van der Waals surface area contributed by atoms with E-state index in [9.17, 15) is 9.59 Å². The maximum absolute atomic E-state index is 11.6. The summed E-state index contributed by atoms with van der Waals surface area (Å²) in [6.07, 6.45) is 3.39. The molecule has 1 aromatic rings. The molecule has 0 saturated heterocycles. The number of hydrogen-bond acceptors (Lipinski definition) is 4. The molecule has 5 nitrogen and oxygen atoms in total. The van der Waals surface area contributed by atoms with Gasteiger partial charge in [0, 0.05) is 4.90 Å². The molecule has 1 aliphatic rings. The highest BCUT2D eigenvalue weighted by Crippen LogP contribution is 2.27. The molecule has 2 rings (SSSR count). The lowest BCUT2D eigenvalue weighted by Gasteiger charge is -2.11. The zero-order chi connectivity index (χ0) is 14.5. The number of aliphatic hydroxyl groups is 1. The third kappa shape index (κ3) is 3.74. The molecule has 0 unspecified atom stereocenters. The predicted octanol–water partition coefficient (Wildman–Crippen LogP) is 0.829. The molecule has 3 N–H and O–H groups in total. The van der Waals surface area contributed by atoms with Gasteiger partial charge in [0.25, 0.3) is 0 Å². The van der Waals surface area contributed by atoms with Crippen LogP contribution < -0.4 is 5.32 Å². The van der Waals surface area contributed by atoms with Gasteiger partial charge < -0.3 is 15.5 Å². The summed E-state index contributed by atoms with van der Waals surface area (Å²) in [5, 5.41) is 19.8. The van der Waals surface area contributed by atoms with Crippen molar-refractivity contribution in [2.24, 2.45) is 0 Å². The van der Waals surface area contributed by atoms with E-state index < -0.39 is 24.5 Å². The second-order valence-corrected chi connectivity index (χ2v) is 5.76. The van der Waals surface area contributed by atoms with Gasteiger partial charge in [0.05, 0.1) is 12.4 Å². The summed E-state index contributed by atoms with van der Waals surface area (Å²) in [5.41, 5.74) is 2.72. The number of hydrogen-bond donors (Lipinski definition) is 3. The topological polar surface area (TPSA) is 86.6 Å². The smallest absolute Gasteiger partial charge is 0.328 e. The number of carbonyl (C=O) groups excluding carboxylic acids is 1. The second-order valence-electron chi connectivity index (χ2n) is 4.71. The average molecular weight is 295 g/mol. The Balaban J connectivity index is 1.85. The minimum absolute atomic E-state index is 0.141. The summed E-state index contributed by atoms with van der Waals surface area (Å²) in [6.45, 7) is -0.607. The number of benzene rings is 1. The maximum Gasteiger partial charge on any atom is 0.328 e. The van der Waals surface area contributed by atoms with E-state index in [1.807, 2.05) is 6.07 Å². The largest absolute Gasteiger partial charge is 0.480 e. The van der Waals surface area contributed by atoms with Crippen molar-refractivity contribution in [3.63, 3.8) is 0 Å². The molecule has 108 valence electrons. The van der Waals surface area contributed by atoms with Gasteiger partial charge in [-0.1, -0.05) is 6.07 Å². The predicted molar refractivity (Wildman–Crippen MR) is 75.8 cm³/mol. The normalized spacial score (nSPS) is 14.7. The Morgan fingerprint density at radius 2 is 2.05 bits per heavy atom. The zero-order valence-corrected chi connectivity index (χ0v) is 11.8. The molecule has 0 aromatic heterocycles. The standard InChI is InChI=1S/C14H17NO4S/c16-7-12(14(18)19)15-13(17)8-20-11-5-4-9-2-1-3-10(9)6-11/h4-6,12,16H,1-3,7-8H2,(H,15,17)(H,18,19)/t12-/m0/s1. The summed E-state index contributed by atoms with van der Waals surface area (Å²) in [4.78, 5) is 23.3. The van der Waals surface area contributed by atoms with Gasteiger partial charge in [0.2, 0.25) is 5.91 Å². The first-order valence-electron chi connectivity index (χ1n) is 6.48. The molecule has 0 aliphatic heterocycles. The molecular weight excluding hydrogens is 278 g/mol. The second kappa shape index (κ2) is 6.76. The van der Waals surface area contributed by atoms with Crippen LogP contribution in [0, 0.1) is 0 Å². The van der Waals surface area contributed by atoms with Crippen molar-refractivity contribution < 1.29 is 19.8 Å². The van der Waals surface area contributed by atoms with Crippen LogP contribution in [0.2, 0.25) is 0 Å². The minimum Gasteiger partial charge on any atom is -0.480 e. The van der Waals surface area contributed by atoms with Crippen molar-refractivity contribution in [2.75, 3.05) is 12.4 Å². The molecular formula is C14H17NO4S. The Bertz CT molecular complexity index is 518. The molecule has 6 heteroatoms. The fourth-order valence-electron chi connectivity index (χ4n) is 2.21. The van der Waals surface area contributed by atoms with Gasteiger partial charge >= 0.3 is 5.97 Å². The molecule has 1 atom stereocenters. The van der Waals surface area contributed by atoms with E-state index in [0.29, 0.717) is 0 Å². The Morgan fingerprint density at radius 1 is 1.30 bits per heavy atom. The lowest BCUT2D eigenvalue weighted by atomic mass is 10.1. The Morgan fingerprint density at radius 3 is 2.75 bits per heavy atom. The third-order valence-electron chi connectivity index (χ3n) is 3.26. The van der Waals surface area contributed by atoms with Crippen molar-refractivity contribution in [3.05, 3.63) is 29.3 Å². The van der Waals surface area contributed by atoms with Gasteiger partial charge in [0.1, 0.15) is 6.04 Å². The van der Waals surface area contributed by atoms with Crippen LogP contribution in [0.4, 0.5) is 0 Å². The van der Waals surface area contributed by atoms with Gasteiger partial charge in [-0.2, -0.15) is 0 Å². The number of carbonyl (C=O) groups is 2. The highest BCUT2D eigenvalue weighted by Gasteiger charge is 2.18. The first kappa shape index (κ1) is 14.9. The van der Waals surface area contributed by atoms with Crippen LogP contribution in [0.1, 0.15) is 17.5 Å². The molecule has 0 spiro atoms. The summed E-state index contributed by atoms with van der Waals surface area (Å²) in [5.74, 6) is -1.48. The van der Waals surface area contributed by atoms with Gasteiger partial charge in [0.15, 0.2) is 0 Å². The molecule has 0 fully saturated rings. The molecule has 0 heterocycles. The van der Waals surface area contributed by atoms with Crippen molar-refractivity contribution in [3.8, 4) is 0 Å². The van der Waals surface area contributed by atoms with Crippen molar-refractivity contribution >= 4 is 23.6 Å². The Kier molecular flexibility index (Phi) is 5.03. The average Bonchev–Trinajstić information content (AvgIpc) is 2.89. The third-order valence-corrected chi connectivity index (χ3v) is 4.25. The number of rotatable bonds is 6. The van der Waals surface area contributed by atoms with Crippen molar-refractivity contribution in [2.45, 2.75) is 30.2 Å². The van der Waals surface area contributed by atoms with Crippen LogP contribution in [-0.4, -0.2) is 40.5 Å². The van der Waals surface area contributed by atoms with Crippen molar-refractivity contribution in [1.82, 2.24) is 5.32 Å². The van der Waals surface area contributed by atoms with E-state index >= 15 is 0 Å². The quantitative estimate of drug-likeness (QED) is 0.677. The molecule has 1 aliphatic carbocycles. The first-order valence-corrected chi connectivity index (χ1v) is 7.46. The summed E-state index contributed by atoms with van der Waals surface area (Å²) in [7, 11) is 0. The summed E-state index contributed by atoms with van der Waals surface area (Å²) >= 11 is 1.37. The van der Waals surface area contributed by atoms with Gasteiger partial charge in [-0.05, 0) is 42.5 Å². The lowest BCUT2D eigenvalue weighted by molar-refractivity contribution is -0.142. The first-order chi connectivity index (χ1) is 9.60. The number of aliphatic hydroxyl groups excluding tert-OH is 1. The summed E-state index contributed by atoms with van der Waals surface area (Å²) in [6, 6.07) is 4.95. The van der Waals surface area contributed by atoms with E-state index in [-0.39, 0.29) is 5.75 Å². The fraction of sp³-hybridized carbons (Fsp3) is 0.429. The highest BCUT2D eigenvalue weighted by atomic mass is 32.2. The van der Waals surface area contributed by atoms with E-state index in [0.717, 1.165) is 17.7 Å². The molecule has 0 saturated carbocycles. The number of fused-ring (bicyclic) bond motifs is 1. The van der Waals surface area contributed by atoms with Crippen LogP contribution in [0.25, 0.3) is 0 Å². The van der Waals surface area contributed by atoms with Crippen LogP contribution in [0.3, 0.4) is 0 Å². The monoisotopic (exact) mass is 295 g/mol. The van der Waals surface area contributed by atoms with Crippen LogP contribution in [0.15, 0.2) is 23.1 Å². The van der Waals surface area contributed by atoms with E-state index in [2.05, 4.69) is 17.4 Å². The SMILES string of the molecule is O=C(CSc1ccc2c(c1)CCC2)N[C@@H](CO)C(=O)O. The minimum atomic E-state index is -1.23. The van der Waals surface area contributed by atoms with Gasteiger partial charge in [-0.3, -0.25) is 4.79 Å². The Labute approximate surface area is 121 Å². The number of thioether (sulfide) groups is 1. The fourth-order valence-corrected chi connectivity index (χ4v) is 2.98. The summed E-state index contributed by atoms with van der Waals surface area (Å²) < 4.78 is 0. The van der Waals surface area contributed by atoms with Crippen LogP contribution in [-0.2, 0) is 22.4 Å². The Hall–Kier alpha value is -1.53. The van der Waals surface area contributed by atoms with E-state index in [1.165, 1.54) is 29.3 Å². The van der Waals surface area contributed by atoms with Crippen molar-refractivity contribution in [1.29, 1.82) is 0 Å². The maximum atomic E-state index is 11.6. The number of nitrogens with one attached hydrogen (secondary N) is 1. The molecule has 1 aromatic carbocycles. The van der Waals surface area contributed by atoms with Crippen LogP contribution >= 0.6 is 11.8 Å². The van der Waals surface area contributed by atoms with Crippen LogP contribution in [0.5, 0.6) is 0 Å². The van der Waals surface area contributed by atoms with E-state index in [4.69, 9.17) is 10.2 Å². The zero-order valence-electron chi connectivity index (χ0n) is 11.0. The highest BCUT2D eigenvalue weighted by molar-refractivity contribution is 8.00. The number of amides is 1. The molecule has 1 amide bonds. The lowest BCUT2D eigenvalue weighted by Crippen LogP contribution is -2.44. The molecule has 20 heavy (non-hydrogen) atoms. The molecule has 0 radical (unpaired) electrons. The van der Waals surface area contributed by atoms with Gasteiger partial charge in [-0.15, -0.1) is 11.8 Å². The number of aryl methyl sites for hydroxylation is 2. The van der Waals surface area contributed by atoms with Gasteiger partial charge in [-0.25, -0.2) is 4.79 Å². The number of aliphatic carboxylic acids is 1.